The summed E-state index contributed by atoms with van der Waals surface area (Å²) in [4.78, 5) is 13.1. The Morgan fingerprint density at radius 1 is 1.22 bits per heavy atom. The van der Waals surface area contributed by atoms with Crippen LogP contribution in [0.15, 0.2) is 24.3 Å². The van der Waals surface area contributed by atoms with Crippen LogP contribution in [0.3, 0.4) is 0 Å². The molecule has 32 heavy (non-hydrogen) atoms. The molecule has 2 aromatic rings. The van der Waals surface area contributed by atoms with Crippen molar-refractivity contribution in [2.45, 2.75) is 32.3 Å². The third-order valence-electron chi connectivity index (χ3n) is 4.68. The number of fused-ring (bicyclic) bond motifs is 1. The maximum atomic E-state index is 13.4. The van der Waals surface area contributed by atoms with Crippen LogP contribution in [0, 0.1) is 0 Å². The zero-order valence-electron chi connectivity index (χ0n) is 17.3. The Morgan fingerprint density at radius 3 is 2.59 bits per heavy atom. The fourth-order valence-electron chi connectivity index (χ4n) is 3.51. The fraction of sp³-hybridized carbons (Fsp3) is 0.474. The van der Waals surface area contributed by atoms with Crippen LogP contribution in [0.25, 0.3) is 0 Å². The highest BCUT2D eigenvalue weighted by Crippen LogP contribution is 2.38. The molecule has 0 unspecified atom stereocenters. The topological polar surface area (TPSA) is 117 Å². The van der Waals surface area contributed by atoms with Crippen LogP contribution in [-0.2, 0) is 56.1 Å². The number of hydrogen-bond acceptors (Lipinski definition) is 7. The molecular formula is C19H23F3N4O5S. The third kappa shape index (κ3) is 6.20. The van der Waals surface area contributed by atoms with E-state index in [0.29, 0.717) is 13.1 Å². The van der Waals surface area contributed by atoms with Crippen LogP contribution >= 0.6 is 0 Å². The molecule has 9 nitrogen and oxygen atoms in total. The SMILES string of the molecule is CS(=O)(=O)OCCOCc1cccc(CN2CCn3nc(C(F)(F)F)c(CC(N)=O)c32)c1. The molecule has 0 aliphatic carbocycles. The van der Waals surface area contributed by atoms with Gasteiger partial charge in [-0.25, -0.2) is 4.68 Å². The van der Waals surface area contributed by atoms with E-state index in [0.717, 1.165) is 17.4 Å². The summed E-state index contributed by atoms with van der Waals surface area (Å²) >= 11 is 0. The lowest BCUT2D eigenvalue weighted by molar-refractivity contribution is -0.142. The zero-order valence-corrected chi connectivity index (χ0v) is 18.1. The van der Waals surface area contributed by atoms with Gasteiger partial charge in [0.25, 0.3) is 10.1 Å². The van der Waals surface area contributed by atoms with E-state index in [4.69, 9.17) is 10.5 Å². The number of primary amides is 1. The van der Waals surface area contributed by atoms with Gasteiger partial charge in [-0.2, -0.15) is 26.7 Å². The van der Waals surface area contributed by atoms with Gasteiger partial charge in [0.15, 0.2) is 5.69 Å². The average molecular weight is 476 g/mol. The molecule has 2 N–H and O–H groups in total. The number of carbonyl (C=O) groups excluding carboxylic acids is 1. The molecule has 0 spiro atoms. The molecule has 1 aliphatic rings. The van der Waals surface area contributed by atoms with Crippen molar-refractivity contribution in [2.24, 2.45) is 5.73 Å². The highest BCUT2D eigenvalue weighted by molar-refractivity contribution is 7.85. The Balaban J connectivity index is 1.70. The largest absolute Gasteiger partial charge is 0.435 e. The molecule has 0 radical (unpaired) electrons. The van der Waals surface area contributed by atoms with Gasteiger partial charge in [-0.1, -0.05) is 24.3 Å². The Kier molecular flexibility index (Phi) is 7.10. The number of ether oxygens (including phenoxy) is 1. The minimum absolute atomic E-state index is 0.0826. The quantitative estimate of drug-likeness (QED) is 0.407. The molecular weight excluding hydrogens is 453 g/mol. The molecule has 1 aliphatic heterocycles. The second kappa shape index (κ2) is 9.46. The first-order valence-corrected chi connectivity index (χ1v) is 11.5. The van der Waals surface area contributed by atoms with Gasteiger partial charge in [0.05, 0.1) is 39.0 Å². The van der Waals surface area contributed by atoms with Crippen LogP contribution in [-0.4, -0.2) is 50.1 Å². The number of nitrogens with zero attached hydrogens (tertiary/aromatic N) is 3. The Bertz CT molecular complexity index is 1090. The summed E-state index contributed by atoms with van der Waals surface area (Å²) in [6, 6.07) is 7.28. The number of benzene rings is 1. The molecule has 0 saturated heterocycles. The first kappa shape index (κ1) is 24.0. The summed E-state index contributed by atoms with van der Waals surface area (Å²) in [7, 11) is -3.52. The Morgan fingerprint density at radius 2 is 1.94 bits per heavy atom. The van der Waals surface area contributed by atoms with Gasteiger partial charge in [-0.05, 0) is 11.1 Å². The molecule has 13 heteroatoms. The predicted molar refractivity (Wildman–Crippen MR) is 108 cm³/mol. The number of hydrogen-bond donors (Lipinski definition) is 1. The lowest BCUT2D eigenvalue weighted by Gasteiger charge is -2.20. The third-order valence-corrected chi connectivity index (χ3v) is 5.28. The predicted octanol–water partition coefficient (Wildman–Crippen LogP) is 1.44. The van der Waals surface area contributed by atoms with E-state index in [-0.39, 0.29) is 37.7 Å². The summed E-state index contributed by atoms with van der Waals surface area (Å²) in [6.07, 6.45) is -4.29. The number of nitrogens with two attached hydrogens (primary N) is 1. The van der Waals surface area contributed by atoms with Crippen LogP contribution in [0.5, 0.6) is 0 Å². The molecule has 1 aromatic heterocycles. The number of alkyl halides is 3. The van der Waals surface area contributed by atoms with Crippen molar-refractivity contribution < 1.29 is 35.3 Å². The normalized spacial score (nSPS) is 14.1. The number of amides is 1. The lowest BCUT2D eigenvalue weighted by atomic mass is 10.1. The number of aromatic nitrogens is 2. The lowest BCUT2D eigenvalue weighted by Crippen LogP contribution is -2.24. The van der Waals surface area contributed by atoms with E-state index in [1.807, 2.05) is 18.2 Å². The van der Waals surface area contributed by atoms with Crippen molar-refractivity contribution in [1.29, 1.82) is 0 Å². The molecule has 1 amide bonds. The summed E-state index contributed by atoms with van der Waals surface area (Å²) in [6.45, 7) is 1.21. The first-order valence-electron chi connectivity index (χ1n) is 9.64. The highest BCUT2D eigenvalue weighted by atomic mass is 32.2. The summed E-state index contributed by atoms with van der Waals surface area (Å²) in [5, 5.41) is 3.67. The van der Waals surface area contributed by atoms with Gasteiger partial charge in [0.2, 0.25) is 5.91 Å². The summed E-state index contributed by atoms with van der Waals surface area (Å²) in [5.41, 5.74) is 5.51. The number of carbonyl (C=O) groups is 1. The van der Waals surface area contributed by atoms with Gasteiger partial charge >= 0.3 is 6.18 Å². The molecule has 2 heterocycles. The van der Waals surface area contributed by atoms with E-state index in [9.17, 15) is 26.4 Å². The second-order valence-corrected chi connectivity index (χ2v) is 8.98. The maximum Gasteiger partial charge on any atom is 0.435 e. The van der Waals surface area contributed by atoms with Crippen molar-refractivity contribution in [3.05, 3.63) is 46.6 Å². The van der Waals surface area contributed by atoms with Gasteiger partial charge in [-0.15, -0.1) is 0 Å². The van der Waals surface area contributed by atoms with Gasteiger partial charge in [-0.3, -0.25) is 8.98 Å². The molecule has 3 rings (SSSR count). The van der Waals surface area contributed by atoms with Crippen molar-refractivity contribution in [3.8, 4) is 0 Å². The van der Waals surface area contributed by atoms with Crippen LogP contribution in [0.4, 0.5) is 19.0 Å². The molecule has 176 valence electrons. The van der Waals surface area contributed by atoms with Crippen LogP contribution in [0.2, 0.25) is 0 Å². The Labute approximate surface area is 183 Å². The van der Waals surface area contributed by atoms with E-state index in [2.05, 4.69) is 9.28 Å². The summed E-state index contributed by atoms with van der Waals surface area (Å²) in [5.74, 6) is -0.618. The molecule has 0 bridgehead atoms. The fourth-order valence-corrected chi connectivity index (χ4v) is 3.88. The number of anilines is 1. The van der Waals surface area contributed by atoms with Crippen LogP contribution in [0.1, 0.15) is 22.4 Å². The van der Waals surface area contributed by atoms with Gasteiger partial charge in [0.1, 0.15) is 5.82 Å². The molecule has 0 saturated carbocycles. The number of halogens is 3. The molecule has 0 atom stereocenters. The van der Waals surface area contributed by atoms with E-state index in [1.54, 1.807) is 11.0 Å². The van der Waals surface area contributed by atoms with Crippen molar-refractivity contribution in [1.82, 2.24) is 9.78 Å². The van der Waals surface area contributed by atoms with Gasteiger partial charge in [0, 0.05) is 18.7 Å². The van der Waals surface area contributed by atoms with E-state index in [1.165, 1.54) is 4.68 Å². The molecule has 1 aromatic carbocycles. The number of rotatable bonds is 10. The standard InChI is InChI=1S/C19H23F3N4O5S/c1-32(28,29)31-8-7-30-12-14-4-2-3-13(9-14)11-25-5-6-26-18(25)15(10-16(23)27)17(24-26)19(20,21)22/h2-4,9H,5-8,10-12H2,1H3,(H2,23,27). The second-order valence-electron chi connectivity index (χ2n) is 7.33. The Hall–Kier alpha value is -2.64. The van der Waals surface area contributed by atoms with E-state index >= 15 is 0 Å². The monoisotopic (exact) mass is 476 g/mol. The van der Waals surface area contributed by atoms with Gasteiger partial charge < -0.3 is 15.4 Å². The van der Waals surface area contributed by atoms with E-state index < -0.39 is 34.3 Å². The highest BCUT2D eigenvalue weighted by Gasteiger charge is 2.41. The van der Waals surface area contributed by atoms with Crippen molar-refractivity contribution >= 4 is 21.8 Å². The van der Waals surface area contributed by atoms with Crippen LogP contribution < -0.4 is 10.6 Å². The molecule has 0 fully saturated rings. The minimum atomic E-state index is -4.69. The smallest absolute Gasteiger partial charge is 0.374 e. The average Bonchev–Trinajstić information content (AvgIpc) is 3.21. The maximum absolute atomic E-state index is 13.4. The minimum Gasteiger partial charge on any atom is -0.374 e. The summed E-state index contributed by atoms with van der Waals surface area (Å²) < 4.78 is 73.3. The van der Waals surface area contributed by atoms with Crippen molar-refractivity contribution in [2.75, 3.05) is 30.9 Å². The zero-order chi connectivity index (χ0) is 23.5. The first-order chi connectivity index (χ1) is 14.9. The van der Waals surface area contributed by atoms with Crippen molar-refractivity contribution in [3.63, 3.8) is 0 Å².